The Morgan fingerprint density at radius 3 is 2.80 bits per heavy atom. The average Bonchev–Trinajstić information content (AvgIpc) is 2.21. The summed E-state index contributed by atoms with van der Waals surface area (Å²) in [5.74, 6) is 6.01. The molecule has 1 atom stereocenters. The molecule has 0 aromatic rings. The van der Waals surface area contributed by atoms with Crippen molar-refractivity contribution in [1.82, 2.24) is 0 Å². The van der Waals surface area contributed by atoms with Gasteiger partial charge >= 0.3 is 0 Å². The minimum absolute atomic E-state index is 0.0177. The zero-order valence-corrected chi connectivity index (χ0v) is 9.75. The first-order chi connectivity index (χ1) is 7.20. The molecule has 0 aliphatic heterocycles. The second kappa shape index (κ2) is 9.30. The Hall–Kier alpha value is -1.26. The number of hydrogen-bond donors (Lipinski definition) is 0. The van der Waals surface area contributed by atoms with E-state index in [1.54, 1.807) is 0 Å². The topological polar surface area (TPSA) is 9.23 Å². The number of hydrogen-bond acceptors (Lipinski definition) is 1. The van der Waals surface area contributed by atoms with Crippen molar-refractivity contribution in [3.8, 4) is 11.8 Å². The van der Waals surface area contributed by atoms with Gasteiger partial charge in [0.15, 0.2) is 0 Å². The number of allylic oxidation sites excluding steroid dienone is 3. The largest absolute Gasteiger partial charge is 0.361 e. The smallest absolute Gasteiger partial charge is 0.119 e. The molecule has 0 aliphatic rings. The molecule has 1 heteroatoms. The summed E-state index contributed by atoms with van der Waals surface area (Å²) in [7, 11) is 0. The maximum absolute atomic E-state index is 5.59. The molecule has 0 unspecified atom stereocenters. The third-order valence-electron chi connectivity index (χ3n) is 1.71. The van der Waals surface area contributed by atoms with E-state index in [1.165, 1.54) is 0 Å². The predicted molar refractivity (Wildman–Crippen MR) is 66.6 cm³/mol. The molecule has 0 aliphatic carbocycles. The van der Waals surface area contributed by atoms with E-state index in [-0.39, 0.29) is 6.10 Å². The highest BCUT2D eigenvalue weighted by Gasteiger charge is 2.02. The Kier molecular flexibility index (Phi) is 8.52. The molecule has 0 amide bonds. The van der Waals surface area contributed by atoms with Gasteiger partial charge in [-0.25, -0.2) is 0 Å². The maximum Gasteiger partial charge on any atom is 0.119 e. The maximum atomic E-state index is 5.59. The lowest BCUT2D eigenvalue weighted by molar-refractivity contribution is 0.110. The van der Waals surface area contributed by atoms with Crippen molar-refractivity contribution in [3.63, 3.8) is 0 Å². The van der Waals surface area contributed by atoms with Gasteiger partial charge in [0.25, 0.3) is 0 Å². The van der Waals surface area contributed by atoms with Crippen LogP contribution in [0.1, 0.15) is 26.7 Å². The quantitative estimate of drug-likeness (QED) is 0.475. The summed E-state index contributed by atoms with van der Waals surface area (Å²) in [5, 5.41) is 0. The van der Waals surface area contributed by atoms with Crippen LogP contribution >= 0.6 is 0 Å². The SMILES string of the molecule is C=CCC[C@H](C#CC(=C)C)OC/C=C/C. The second-order valence-electron chi connectivity index (χ2n) is 3.31. The molecule has 0 heterocycles. The van der Waals surface area contributed by atoms with Crippen molar-refractivity contribution in [1.29, 1.82) is 0 Å². The van der Waals surface area contributed by atoms with Crippen molar-refractivity contribution in [3.05, 3.63) is 37.0 Å². The summed E-state index contributed by atoms with van der Waals surface area (Å²) in [6.45, 7) is 11.9. The van der Waals surface area contributed by atoms with Gasteiger partial charge in [0.2, 0.25) is 0 Å². The summed E-state index contributed by atoms with van der Waals surface area (Å²) < 4.78 is 5.59. The monoisotopic (exact) mass is 204 g/mol. The van der Waals surface area contributed by atoms with Gasteiger partial charge in [-0.2, -0.15) is 0 Å². The Morgan fingerprint density at radius 1 is 1.53 bits per heavy atom. The third-order valence-corrected chi connectivity index (χ3v) is 1.71. The van der Waals surface area contributed by atoms with Crippen molar-refractivity contribution in [2.24, 2.45) is 0 Å². The van der Waals surface area contributed by atoms with Gasteiger partial charge in [-0.1, -0.05) is 36.6 Å². The average molecular weight is 204 g/mol. The van der Waals surface area contributed by atoms with E-state index in [1.807, 2.05) is 32.1 Å². The molecule has 82 valence electrons. The van der Waals surface area contributed by atoms with Crippen LogP contribution in [-0.2, 0) is 4.74 Å². The molecular weight excluding hydrogens is 184 g/mol. The highest BCUT2D eigenvalue weighted by molar-refractivity contribution is 5.24. The summed E-state index contributed by atoms with van der Waals surface area (Å²) in [6.07, 6.45) is 7.62. The van der Waals surface area contributed by atoms with Crippen molar-refractivity contribution >= 4 is 0 Å². The Labute approximate surface area is 93.5 Å². The molecule has 1 nitrogen and oxygen atoms in total. The zero-order valence-electron chi connectivity index (χ0n) is 9.75. The molecule has 0 rings (SSSR count). The van der Waals surface area contributed by atoms with Gasteiger partial charge in [0, 0.05) is 0 Å². The molecule has 0 aromatic heterocycles. The third kappa shape index (κ3) is 9.05. The van der Waals surface area contributed by atoms with E-state index < -0.39 is 0 Å². The summed E-state index contributed by atoms with van der Waals surface area (Å²) in [5.41, 5.74) is 0.869. The zero-order chi connectivity index (χ0) is 11.5. The lowest BCUT2D eigenvalue weighted by atomic mass is 10.2. The van der Waals surface area contributed by atoms with E-state index in [0.29, 0.717) is 6.61 Å². The first-order valence-electron chi connectivity index (χ1n) is 5.21. The molecule has 0 saturated carbocycles. The first kappa shape index (κ1) is 13.7. The van der Waals surface area contributed by atoms with Crippen LogP contribution in [0, 0.1) is 11.8 Å². The van der Waals surface area contributed by atoms with Gasteiger partial charge in [-0.15, -0.1) is 6.58 Å². The van der Waals surface area contributed by atoms with Crippen LogP contribution in [-0.4, -0.2) is 12.7 Å². The van der Waals surface area contributed by atoms with Crippen LogP contribution in [0.2, 0.25) is 0 Å². The van der Waals surface area contributed by atoms with Crippen molar-refractivity contribution in [2.75, 3.05) is 6.61 Å². The van der Waals surface area contributed by atoms with Crippen molar-refractivity contribution in [2.45, 2.75) is 32.8 Å². The fourth-order valence-electron chi connectivity index (χ4n) is 0.938. The van der Waals surface area contributed by atoms with E-state index in [4.69, 9.17) is 4.74 Å². The normalized spacial score (nSPS) is 11.9. The number of ether oxygens (including phenoxy) is 1. The fourth-order valence-corrected chi connectivity index (χ4v) is 0.938. The molecule has 0 radical (unpaired) electrons. The van der Waals surface area contributed by atoms with Crippen LogP contribution in [0.15, 0.2) is 37.0 Å². The Morgan fingerprint density at radius 2 is 2.27 bits per heavy atom. The molecule has 0 saturated heterocycles. The molecule has 15 heavy (non-hydrogen) atoms. The van der Waals surface area contributed by atoms with Crippen LogP contribution in [0.4, 0.5) is 0 Å². The van der Waals surface area contributed by atoms with Crippen molar-refractivity contribution < 1.29 is 4.74 Å². The second-order valence-corrected chi connectivity index (χ2v) is 3.31. The summed E-state index contributed by atoms with van der Waals surface area (Å²) in [6, 6.07) is 0. The van der Waals surface area contributed by atoms with Crippen LogP contribution in [0.25, 0.3) is 0 Å². The standard InChI is InChI=1S/C14H20O/c1-5-7-9-14(11-10-13(3)4)15-12-8-6-2/h5-6,8,14H,1,3,7,9,12H2,2,4H3/b8-6+/t14-/m1/s1. The predicted octanol–water partition coefficient (Wildman–Crippen LogP) is 3.49. The lowest BCUT2D eigenvalue weighted by Crippen LogP contribution is -2.10. The van der Waals surface area contributed by atoms with Gasteiger partial charge in [0.1, 0.15) is 6.10 Å². The molecule has 0 fully saturated rings. The molecule has 0 N–H and O–H groups in total. The van der Waals surface area contributed by atoms with E-state index in [9.17, 15) is 0 Å². The van der Waals surface area contributed by atoms with E-state index >= 15 is 0 Å². The molecule has 0 aromatic carbocycles. The van der Waals surface area contributed by atoms with Crippen LogP contribution in [0.3, 0.4) is 0 Å². The van der Waals surface area contributed by atoms with Crippen LogP contribution < -0.4 is 0 Å². The number of rotatable bonds is 6. The van der Waals surface area contributed by atoms with Gasteiger partial charge in [-0.3, -0.25) is 0 Å². The summed E-state index contributed by atoms with van der Waals surface area (Å²) in [4.78, 5) is 0. The van der Waals surface area contributed by atoms with Crippen LogP contribution in [0.5, 0.6) is 0 Å². The van der Waals surface area contributed by atoms with Gasteiger partial charge in [0.05, 0.1) is 6.61 Å². The highest BCUT2D eigenvalue weighted by atomic mass is 16.5. The van der Waals surface area contributed by atoms with E-state index in [2.05, 4.69) is 25.0 Å². The molecular formula is C14H20O. The minimum atomic E-state index is -0.0177. The first-order valence-corrected chi connectivity index (χ1v) is 5.21. The van der Waals surface area contributed by atoms with Gasteiger partial charge in [-0.05, 0) is 32.3 Å². The van der Waals surface area contributed by atoms with E-state index in [0.717, 1.165) is 18.4 Å². The molecule has 0 spiro atoms. The summed E-state index contributed by atoms with van der Waals surface area (Å²) >= 11 is 0. The Balaban J connectivity index is 4.12. The van der Waals surface area contributed by atoms with Gasteiger partial charge < -0.3 is 4.74 Å². The minimum Gasteiger partial charge on any atom is -0.361 e. The Bertz CT molecular complexity index is 275. The molecule has 0 bridgehead atoms. The lowest BCUT2D eigenvalue weighted by Gasteiger charge is -2.09. The fraction of sp³-hybridized carbons (Fsp3) is 0.429. The highest BCUT2D eigenvalue weighted by Crippen LogP contribution is 2.02.